The molecule has 0 saturated carbocycles. The van der Waals surface area contributed by atoms with Gasteiger partial charge in [-0.05, 0) is 31.5 Å². The second kappa shape index (κ2) is 10.6. The fraction of sp³-hybridized carbons (Fsp3) is 0.481. The number of fused-ring (bicyclic) bond motifs is 1. The molecule has 9 nitrogen and oxygen atoms in total. The van der Waals surface area contributed by atoms with Crippen LogP contribution >= 0.6 is 11.8 Å². The van der Waals surface area contributed by atoms with Crippen molar-refractivity contribution >= 4 is 23.8 Å². The minimum absolute atomic E-state index is 0.116. The zero-order chi connectivity index (χ0) is 26.0. The molecule has 10 heteroatoms. The van der Waals surface area contributed by atoms with E-state index in [-0.39, 0.29) is 13.0 Å². The number of thioether (sulfide) groups is 1. The lowest BCUT2D eigenvalue weighted by molar-refractivity contribution is -0.202. The van der Waals surface area contributed by atoms with E-state index in [0.29, 0.717) is 6.61 Å². The van der Waals surface area contributed by atoms with Crippen LogP contribution in [0, 0.1) is 0 Å². The minimum atomic E-state index is -1.46. The van der Waals surface area contributed by atoms with Crippen molar-refractivity contribution in [2.24, 2.45) is 0 Å². The van der Waals surface area contributed by atoms with Crippen LogP contribution < -0.4 is 5.32 Å². The molecule has 1 N–H and O–H groups in total. The van der Waals surface area contributed by atoms with E-state index in [9.17, 15) is 9.59 Å². The summed E-state index contributed by atoms with van der Waals surface area (Å²) in [6.07, 6.45) is -3.01. The van der Waals surface area contributed by atoms with Crippen molar-refractivity contribution in [3.8, 4) is 0 Å². The summed E-state index contributed by atoms with van der Waals surface area (Å²) in [5.74, 6) is -1.49. The van der Waals surface area contributed by atoms with Crippen LogP contribution in [-0.2, 0) is 39.8 Å². The summed E-state index contributed by atoms with van der Waals surface area (Å²) >= 11 is 1.23. The van der Waals surface area contributed by atoms with Crippen LogP contribution in [0.1, 0.15) is 25.8 Å². The van der Waals surface area contributed by atoms with Gasteiger partial charge in [0.25, 0.3) is 0 Å². The van der Waals surface area contributed by atoms with Gasteiger partial charge >= 0.3 is 12.1 Å². The quantitative estimate of drug-likeness (QED) is 0.514. The summed E-state index contributed by atoms with van der Waals surface area (Å²) in [5, 5.41) is 2.85. The Bertz CT molecular complexity index is 1100. The Labute approximate surface area is 220 Å². The molecule has 2 aromatic rings. The predicted molar refractivity (Wildman–Crippen MR) is 134 cm³/mol. The third-order valence-corrected chi connectivity index (χ3v) is 7.82. The van der Waals surface area contributed by atoms with Crippen LogP contribution in [0.15, 0.2) is 65.6 Å². The fourth-order valence-corrected chi connectivity index (χ4v) is 6.27. The number of methoxy groups -OCH3 is 1. The molecular formula is C27H31NO8S. The Morgan fingerprint density at radius 1 is 1.03 bits per heavy atom. The maximum absolute atomic E-state index is 13.2. The molecular weight excluding hydrogens is 498 g/mol. The summed E-state index contributed by atoms with van der Waals surface area (Å²) in [6.45, 7) is 4.26. The summed E-state index contributed by atoms with van der Waals surface area (Å²) in [4.78, 5) is 24.9. The molecule has 3 aliphatic rings. The number of hydrogen-bond acceptors (Lipinski definition) is 9. The lowest BCUT2D eigenvalue weighted by Gasteiger charge is -2.45. The number of carbonyl (C=O) groups excluding carboxylic acids is 2. The molecule has 0 bridgehead atoms. The van der Waals surface area contributed by atoms with E-state index in [2.05, 4.69) is 5.32 Å². The fourth-order valence-electron chi connectivity index (χ4n) is 5.02. The normalized spacial score (nSPS) is 32.3. The van der Waals surface area contributed by atoms with Crippen LogP contribution in [0.2, 0.25) is 0 Å². The molecule has 2 unspecified atom stereocenters. The molecule has 1 amide bonds. The van der Waals surface area contributed by atoms with Crippen LogP contribution in [0.5, 0.6) is 0 Å². The Kier molecular flexibility index (Phi) is 7.46. The van der Waals surface area contributed by atoms with Crippen LogP contribution in [0.4, 0.5) is 4.79 Å². The standard InChI is InChI=1S/C27H31NO8S/c1-26(2)34-20(16-32-15-17-10-6-4-7-11-17)22(35-26)23-21-19(33-25(30)28-21)14-27(36-23,24(29)31-3)37-18-12-8-5-9-13-18/h4-13,19-23H,14-16H2,1-3H3,(H,28,30)/t19?,20-,21-,22-,23?,27+/m1/s1. The van der Waals surface area contributed by atoms with Crippen LogP contribution in [0.3, 0.4) is 0 Å². The minimum Gasteiger partial charge on any atom is -0.466 e. The molecule has 2 aromatic carbocycles. The summed E-state index contributed by atoms with van der Waals surface area (Å²) in [7, 11) is 1.32. The Balaban J connectivity index is 1.42. The van der Waals surface area contributed by atoms with Gasteiger partial charge < -0.3 is 33.7 Å². The van der Waals surface area contributed by atoms with Gasteiger partial charge in [-0.3, -0.25) is 0 Å². The van der Waals surface area contributed by atoms with E-state index in [1.54, 1.807) is 0 Å². The summed E-state index contributed by atoms with van der Waals surface area (Å²) in [6, 6.07) is 18.7. The Hall–Kier alpha value is -2.63. The van der Waals surface area contributed by atoms with Gasteiger partial charge in [-0.15, -0.1) is 0 Å². The Morgan fingerprint density at radius 2 is 1.73 bits per heavy atom. The molecule has 3 aliphatic heterocycles. The second-order valence-corrected chi connectivity index (χ2v) is 11.0. The number of amides is 1. The highest BCUT2D eigenvalue weighted by Crippen LogP contribution is 2.48. The molecule has 5 rings (SSSR count). The predicted octanol–water partition coefficient (Wildman–Crippen LogP) is 3.65. The lowest BCUT2D eigenvalue weighted by atomic mass is 9.90. The molecule has 37 heavy (non-hydrogen) atoms. The zero-order valence-corrected chi connectivity index (χ0v) is 21.8. The molecule has 3 fully saturated rings. The van der Waals surface area contributed by atoms with Gasteiger partial charge in [-0.1, -0.05) is 60.3 Å². The largest absolute Gasteiger partial charge is 0.466 e. The average molecular weight is 530 g/mol. The van der Waals surface area contributed by atoms with E-state index in [1.807, 2.05) is 74.5 Å². The van der Waals surface area contributed by atoms with Crippen LogP contribution in [-0.4, -0.2) is 67.0 Å². The van der Waals surface area contributed by atoms with Crippen molar-refractivity contribution in [3.05, 3.63) is 66.2 Å². The van der Waals surface area contributed by atoms with Crippen molar-refractivity contribution in [1.29, 1.82) is 0 Å². The maximum Gasteiger partial charge on any atom is 0.407 e. The van der Waals surface area contributed by atoms with Gasteiger partial charge in [0.05, 0.1) is 26.4 Å². The molecule has 3 saturated heterocycles. The van der Waals surface area contributed by atoms with Crippen molar-refractivity contribution in [2.75, 3.05) is 13.7 Å². The summed E-state index contributed by atoms with van der Waals surface area (Å²) < 4.78 is 35.9. The number of nitrogens with one attached hydrogen (secondary N) is 1. The first kappa shape index (κ1) is 26.0. The van der Waals surface area contributed by atoms with E-state index >= 15 is 0 Å². The monoisotopic (exact) mass is 529 g/mol. The number of ether oxygens (including phenoxy) is 6. The van der Waals surface area contributed by atoms with E-state index in [4.69, 9.17) is 28.4 Å². The molecule has 0 aromatic heterocycles. The van der Waals surface area contributed by atoms with Crippen molar-refractivity contribution in [2.45, 2.75) is 72.9 Å². The maximum atomic E-state index is 13.2. The van der Waals surface area contributed by atoms with Gasteiger partial charge in [-0.2, -0.15) is 0 Å². The number of alkyl carbamates (subject to hydrolysis) is 1. The van der Waals surface area contributed by atoms with Gasteiger partial charge in [0.15, 0.2) is 5.79 Å². The molecule has 0 aliphatic carbocycles. The average Bonchev–Trinajstić information content (AvgIpc) is 3.41. The number of rotatable bonds is 8. The topological polar surface area (TPSA) is 102 Å². The molecule has 6 atom stereocenters. The number of esters is 1. The highest BCUT2D eigenvalue weighted by Gasteiger charge is 2.61. The number of benzene rings is 2. The number of carbonyl (C=O) groups is 2. The molecule has 198 valence electrons. The van der Waals surface area contributed by atoms with Gasteiger partial charge in [0.1, 0.15) is 24.4 Å². The highest BCUT2D eigenvalue weighted by atomic mass is 32.2. The summed E-state index contributed by atoms with van der Waals surface area (Å²) in [5.41, 5.74) is 1.03. The SMILES string of the molecule is COC(=O)[C@@]1(Sc2ccccc2)CC2OC(=O)N[C@H]2C([C@@H]2OC(C)(C)O[C@@H]2COCc2ccccc2)O1. The highest BCUT2D eigenvalue weighted by molar-refractivity contribution is 8.01. The smallest absolute Gasteiger partial charge is 0.407 e. The molecule has 3 heterocycles. The van der Waals surface area contributed by atoms with Crippen molar-refractivity contribution in [3.63, 3.8) is 0 Å². The van der Waals surface area contributed by atoms with E-state index < -0.39 is 53.2 Å². The first-order valence-electron chi connectivity index (χ1n) is 12.2. The zero-order valence-electron chi connectivity index (χ0n) is 21.0. The van der Waals surface area contributed by atoms with Gasteiger partial charge in [0, 0.05) is 11.3 Å². The van der Waals surface area contributed by atoms with Crippen molar-refractivity contribution in [1.82, 2.24) is 5.32 Å². The lowest BCUT2D eigenvalue weighted by Crippen LogP contribution is -2.63. The number of hydrogen-bond donors (Lipinski definition) is 1. The van der Waals surface area contributed by atoms with Gasteiger partial charge in [-0.25, -0.2) is 9.59 Å². The van der Waals surface area contributed by atoms with E-state index in [0.717, 1.165) is 10.5 Å². The van der Waals surface area contributed by atoms with Crippen LogP contribution in [0.25, 0.3) is 0 Å². The third-order valence-electron chi connectivity index (χ3n) is 6.56. The molecule has 0 spiro atoms. The first-order valence-corrected chi connectivity index (χ1v) is 13.0. The van der Waals surface area contributed by atoms with E-state index in [1.165, 1.54) is 18.9 Å². The first-order chi connectivity index (χ1) is 17.8. The third kappa shape index (κ3) is 5.63. The molecule has 0 radical (unpaired) electrons. The van der Waals surface area contributed by atoms with Gasteiger partial charge in [0.2, 0.25) is 4.93 Å². The second-order valence-electron chi connectivity index (χ2n) is 9.70. The van der Waals surface area contributed by atoms with Crippen molar-refractivity contribution < 1.29 is 38.0 Å². The Morgan fingerprint density at radius 3 is 2.43 bits per heavy atom.